The number of halogens is 2. The van der Waals surface area contributed by atoms with Gasteiger partial charge in [0, 0.05) is 37.8 Å². The van der Waals surface area contributed by atoms with Gasteiger partial charge in [-0.1, -0.05) is 6.92 Å². The zero-order valence-electron chi connectivity index (χ0n) is 18.6. The second kappa shape index (κ2) is 9.41. The van der Waals surface area contributed by atoms with E-state index in [1.165, 1.54) is 17.5 Å². The summed E-state index contributed by atoms with van der Waals surface area (Å²) in [6, 6.07) is 6.00. The van der Waals surface area contributed by atoms with E-state index in [0.717, 1.165) is 20.5 Å². The van der Waals surface area contributed by atoms with E-state index in [1.807, 2.05) is 6.92 Å². The highest BCUT2D eigenvalue weighted by Crippen LogP contribution is 2.53. The Kier molecular flexibility index (Phi) is 6.56. The van der Waals surface area contributed by atoms with Crippen LogP contribution in [0.2, 0.25) is 0 Å². The van der Waals surface area contributed by atoms with Gasteiger partial charge in [-0.05, 0) is 37.0 Å². The molecule has 8 nitrogen and oxygen atoms in total. The van der Waals surface area contributed by atoms with Crippen LogP contribution >= 0.6 is 11.3 Å². The fourth-order valence-corrected chi connectivity index (χ4v) is 4.63. The number of hydrogen-bond donors (Lipinski definition) is 1. The van der Waals surface area contributed by atoms with Crippen LogP contribution in [0.3, 0.4) is 0 Å². The molecule has 1 fully saturated rings. The van der Waals surface area contributed by atoms with Crippen molar-refractivity contribution in [2.24, 2.45) is 5.41 Å². The molecule has 1 aliphatic carbocycles. The summed E-state index contributed by atoms with van der Waals surface area (Å²) in [5.41, 5.74) is 0.168. The molecule has 0 spiro atoms. The minimum absolute atomic E-state index is 0.0484. The standard InChI is InChI=1S/C23H23F2N5O3S/c1-15-27-11-19(34-15)18-9-16(5-7-26-18)33-17-3-4-20(28-10-17)29-21(32)30(14-31)8-6-22(2)12-23(24,25)13-22/h3-5,7,9-11,14H,6,8,12-13H2,1-2H3,(H,28,29,32). The van der Waals surface area contributed by atoms with E-state index in [2.05, 4.69) is 20.3 Å². The van der Waals surface area contributed by atoms with Gasteiger partial charge >= 0.3 is 6.03 Å². The zero-order chi connectivity index (χ0) is 24.3. The highest BCUT2D eigenvalue weighted by Gasteiger charge is 2.53. The average Bonchev–Trinajstić information content (AvgIpc) is 3.21. The van der Waals surface area contributed by atoms with Crippen molar-refractivity contribution in [3.05, 3.63) is 47.9 Å². The van der Waals surface area contributed by atoms with Crippen LogP contribution in [0, 0.1) is 12.3 Å². The van der Waals surface area contributed by atoms with Gasteiger partial charge in [-0.15, -0.1) is 11.3 Å². The van der Waals surface area contributed by atoms with Gasteiger partial charge in [-0.25, -0.2) is 23.5 Å². The maximum absolute atomic E-state index is 13.2. The van der Waals surface area contributed by atoms with Crippen molar-refractivity contribution in [2.75, 3.05) is 11.9 Å². The summed E-state index contributed by atoms with van der Waals surface area (Å²) >= 11 is 1.53. The molecule has 178 valence electrons. The highest BCUT2D eigenvalue weighted by atomic mass is 32.1. The maximum Gasteiger partial charge on any atom is 0.329 e. The molecule has 3 heterocycles. The quantitative estimate of drug-likeness (QED) is 0.421. The topological polar surface area (TPSA) is 97.3 Å². The van der Waals surface area contributed by atoms with E-state index >= 15 is 0 Å². The average molecular weight is 488 g/mol. The second-order valence-electron chi connectivity index (χ2n) is 8.60. The van der Waals surface area contributed by atoms with Gasteiger partial charge in [0.05, 0.1) is 21.8 Å². The predicted octanol–water partition coefficient (Wildman–Crippen LogP) is 5.52. The molecule has 0 unspecified atom stereocenters. The Morgan fingerprint density at radius 2 is 2.00 bits per heavy atom. The molecule has 1 aliphatic rings. The predicted molar refractivity (Wildman–Crippen MR) is 123 cm³/mol. The third kappa shape index (κ3) is 5.71. The number of aromatic nitrogens is 3. The number of imide groups is 1. The Morgan fingerprint density at radius 3 is 2.62 bits per heavy atom. The maximum atomic E-state index is 13.2. The Hall–Kier alpha value is -3.47. The summed E-state index contributed by atoms with van der Waals surface area (Å²) in [4.78, 5) is 38.3. The fraction of sp³-hybridized carbons (Fsp3) is 0.348. The van der Waals surface area contributed by atoms with E-state index in [0.29, 0.717) is 24.3 Å². The lowest BCUT2D eigenvalue weighted by Gasteiger charge is -2.45. The molecule has 1 N–H and O–H groups in total. The Balaban J connectivity index is 1.32. The monoisotopic (exact) mass is 487 g/mol. The number of carbonyl (C=O) groups is 2. The number of pyridine rings is 2. The first-order chi connectivity index (χ1) is 16.1. The van der Waals surface area contributed by atoms with E-state index in [1.54, 1.807) is 43.6 Å². The lowest BCUT2D eigenvalue weighted by Crippen LogP contribution is -2.46. The molecule has 11 heteroatoms. The Bertz CT molecular complexity index is 1180. The van der Waals surface area contributed by atoms with Crippen molar-refractivity contribution in [2.45, 2.75) is 39.0 Å². The van der Waals surface area contributed by atoms with E-state index < -0.39 is 17.4 Å². The number of anilines is 1. The first-order valence-corrected chi connectivity index (χ1v) is 11.4. The molecule has 1 saturated carbocycles. The molecule has 0 aromatic carbocycles. The van der Waals surface area contributed by atoms with E-state index in [4.69, 9.17) is 4.74 Å². The number of thiazole rings is 1. The number of aryl methyl sites for hydroxylation is 1. The molecule has 0 radical (unpaired) electrons. The van der Waals surface area contributed by atoms with Crippen LogP contribution in [0.4, 0.5) is 19.4 Å². The molecule has 0 atom stereocenters. The number of nitrogens with one attached hydrogen (secondary N) is 1. The van der Waals surface area contributed by atoms with Crippen molar-refractivity contribution in [1.29, 1.82) is 0 Å². The Labute approximate surface area is 199 Å². The van der Waals surface area contributed by atoms with Crippen molar-refractivity contribution >= 4 is 29.6 Å². The summed E-state index contributed by atoms with van der Waals surface area (Å²) < 4.78 is 32.2. The van der Waals surface area contributed by atoms with E-state index in [-0.39, 0.29) is 25.2 Å². The third-order valence-electron chi connectivity index (χ3n) is 5.53. The van der Waals surface area contributed by atoms with Gasteiger partial charge in [0.25, 0.3) is 0 Å². The van der Waals surface area contributed by atoms with Gasteiger partial charge < -0.3 is 4.74 Å². The normalized spacial score (nSPS) is 15.8. The largest absolute Gasteiger partial charge is 0.456 e. The zero-order valence-corrected chi connectivity index (χ0v) is 19.4. The molecule has 3 amide bonds. The number of alkyl halides is 2. The van der Waals surface area contributed by atoms with Crippen LogP contribution < -0.4 is 10.1 Å². The van der Waals surface area contributed by atoms with Crippen LogP contribution in [0.5, 0.6) is 11.5 Å². The molecule has 0 aliphatic heterocycles. The van der Waals surface area contributed by atoms with Crippen LogP contribution in [0.1, 0.15) is 31.2 Å². The second-order valence-corrected chi connectivity index (χ2v) is 9.84. The van der Waals surface area contributed by atoms with Crippen molar-refractivity contribution in [3.8, 4) is 22.1 Å². The van der Waals surface area contributed by atoms with Gasteiger partial charge in [0.2, 0.25) is 12.3 Å². The SMILES string of the molecule is Cc1ncc(-c2cc(Oc3ccc(NC(=O)N(C=O)CCC4(C)CC(F)(F)C4)nc3)ccn2)s1. The molecule has 3 aromatic rings. The minimum atomic E-state index is -2.66. The van der Waals surface area contributed by atoms with E-state index in [9.17, 15) is 18.4 Å². The van der Waals surface area contributed by atoms with Gasteiger partial charge in [0.15, 0.2) is 0 Å². The van der Waals surface area contributed by atoms with Gasteiger partial charge in [-0.2, -0.15) is 0 Å². The number of ether oxygens (including phenoxy) is 1. The van der Waals surface area contributed by atoms with Crippen LogP contribution in [0.25, 0.3) is 10.6 Å². The summed E-state index contributed by atoms with van der Waals surface area (Å²) in [6.07, 6.45) is 5.06. The number of rotatable bonds is 8. The number of hydrogen-bond acceptors (Lipinski definition) is 7. The lowest BCUT2D eigenvalue weighted by atomic mass is 9.65. The van der Waals surface area contributed by atoms with Crippen molar-refractivity contribution < 1.29 is 23.1 Å². The summed E-state index contributed by atoms with van der Waals surface area (Å²) in [5, 5.41) is 3.47. The Morgan fingerprint density at radius 1 is 1.21 bits per heavy atom. The lowest BCUT2D eigenvalue weighted by molar-refractivity contribution is -0.157. The molecule has 34 heavy (non-hydrogen) atoms. The van der Waals surface area contributed by atoms with Crippen LogP contribution in [-0.4, -0.2) is 44.8 Å². The van der Waals surface area contributed by atoms with Crippen LogP contribution in [0.15, 0.2) is 42.9 Å². The molecule has 3 aromatic heterocycles. The molecule has 0 saturated heterocycles. The minimum Gasteiger partial charge on any atom is -0.456 e. The van der Waals surface area contributed by atoms with Crippen molar-refractivity contribution in [3.63, 3.8) is 0 Å². The number of nitrogens with zero attached hydrogens (tertiary/aromatic N) is 4. The summed E-state index contributed by atoms with van der Waals surface area (Å²) in [6.45, 7) is 3.70. The molecular formula is C23H23F2N5O3S. The summed E-state index contributed by atoms with van der Waals surface area (Å²) in [5.74, 6) is -1.42. The highest BCUT2D eigenvalue weighted by molar-refractivity contribution is 7.15. The summed E-state index contributed by atoms with van der Waals surface area (Å²) in [7, 11) is 0. The van der Waals surface area contributed by atoms with Gasteiger partial charge in [0.1, 0.15) is 17.3 Å². The smallest absolute Gasteiger partial charge is 0.329 e. The first kappa shape index (κ1) is 23.7. The van der Waals surface area contributed by atoms with Gasteiger partial charge in [-0.3, -0.25) is 20.0 Å². The van der Waals surface area contributed by atoms with Crippen LogP contribution in [-0.2, 0) is 4.79 Å². The number of urea groups is 1. The molecular weight excluding hydrogens is 464 g/mol. The molecule has 4 rings (SSSR count). The molecule has 0 bridgehead atoms. The fourth-order valence-electron chi connectivity index (χ4n) is 3.89. The van der Waals surface area contributed by atoms with Crippen molar-refractivity contribution in [1.82, 2.24) is 19.9 Å². The third-order valence-corrected chi connectivity index (χ3v) is 6.46. The number of carbonyl (C=O) groups excluding carboxylic acids is 2. The first-order valence-electron chi connectivity index (χ1n) is 10.6. The number of amides is 3.